The smallest absolute Gasteiger partial charge is 0.170 e. The summed E-state index contributed by atoms with van der Waals surface area (Å²) in [6, 6.07) is 18.7. The molecule has 6 nitrogen and oxygen atoms in total. The van der Waals surface area contributed by atoms with Crippen molar-refractivity contribution in [3.63, 3.8) is 0 Å². The van der Waals surface area contributed by atoms with Crippen LogP contribution in [0.5, 0.6) is 28.7 Å². The summed E-state index contributed by atoms with van der Waals surface area (Å²) in [6.45, 7) is 0.873. The lowest BCUT2D eigenvalue weighted by atomic mass is 10.1. The van der Waals surface area contributed by atoms with E-state index in [1.54, 1.807) is 20.3 Å². The van der Waals surface area contributed by atoms with Gasteiger partial charge in [0.05, 0.1) is 40.1 Å². The molecule has 0 amide bonds. The SMILES string of the molecule is COc1ccc(OCc2c(OC)c(O)cc(COCc3ccccc3)c2OC)cc1. The van der Waals surface area contributed by atoms with Gasteiger partial charge in [0.15, 0.2) is 11.5 Å². The van der Waals surface area contributed by atoms with Crippen molar-refractivity contribution in [1.29, 1.82) is 0 Å². The molecule has 0 radical (unpaired) electrons. The van der Waals surface area contributed by atoms with Gasteiger partial charge >= 0.3 is 0 Å². The lowest BCUT2D eigenvalue weighted by molar-refractivity contribution is 0.105. The Morgan fingerprint density at radius 1 is 0.700 bits per heavy atom. The van der Waals surface area contributed by atoms with Crippen LogP contribution in [0.2, 0.25) is 0 Å². The molecule has 0 aliphatic heterocycles. The molecule has 0 saturated carbocycles. The van der Waals surface area contributed by atoms with Crippen molar-refractivity contribution in [1.82, 2.24) is 0 Å². The van der Waals surface area contributed by atoms with Crippen molar-refractivity contribution in [2.45, 2.75) is 19.8 Å². The van der Waals surface area contributed by atoms with Crippen molar-refractivity contribution in [3.05, 3.63) is 77.4 Å². The average molecular weight is 410 g/mol. The Bertz CT molecular complexity index is 938. The molecule has 30 heavy (non-hydrogen) atoms. The van der Waals surface area contributed by atoms with Crippen LogP contribution >= 0.6 is 0 Å². The minimum atomic E-state index is 0.00458. The third kappa shape index (κ3) is 5.15. The van der Waals surface area contributed by atoms with E-state index in [9.17, 15) is 5.11 Å². The average Bonchev–Trinajstić information content (AvgIpc) is 2.78. The van der Waals surface area contributed by atoms with Gasteiger partial charge in [0.2, 0.25) is 0 Å². The topological polar surface area (TPSA) is 66.4 Å². The first-order valence-electron chi connectivity index (χ1n) is 9.50. The van der Waals surface area contributed by atoms with Crippen LogP contribution in [0.3, 0.4) is 0 Å². The maximum absolute atomic E-state index is 10.5. The van der Waals surface area contributed by atoms with Gasteiger partial charge in [0, 0.05) is 5.56 Å². The van der Waals surface area contributed by atoms with Crippen LogP contribution in [0.4, 0.5) is 0 Å². The Labute approximate surface area is 176 Å². The van der Waals surface area contributed by atoms with E-state index in [-0.39, 0.29) is 19.0 Å². The molecule has 0 aliphatic carbocycles. The van der Waals surface area contributed by atoms with E-state index in [1.165, 1.54) is 7.11 Å². The summed E-state index contributed by atoms with van der Waals surface area (Å²) < 4.78 is 27.9. The molecule has 0 bridgehead atoms. The number of hydrogen-bond donors (Lipinski definition) is 1. The van der Waals surface area contributed by atoms with E-state index in [0.29, 0.717) is 35.0 Å². The van der Waals surface area contributed by atoms with Gasteiger partial charge in [-0.1, -0.05) is 30.3 Å². The molecule has 0 spiro atoms. The molecule has 0 heterocycles. The second kappa shape index (κ2) is 10.4. The molecule has 3 rings (SSSR count). The zero-order valence-electron chi connectivity index (χ0n) is 17.4. The summed E-state index contributed by atoms with van der Waals surface area (Å²) in [6.07, 6.45) is 0. The number of aromatic hydroxyl groups is 1. The number of ether oxygens (including phenoxy) is 5. The lowest BCUT2D eigenvalue weighted by Crippen LogP contribution is -2.06. The van der Waals surface area contributed by atoms with Crippen LogP contribution in [0.25, 0.3) is 0 Å². The molecule has 158 valence electrons. The van der Waals surface area contributed by atoms with Crippen LogP contribution in [-0.2, 0) is 24.6 Å². The Kier molecular flexibility index (Phi) is 7.40. The Morgan fingerprint density at radius 2 is 1.37 bits per heavy atom. The first-order chi connectivity index (χ1) is 14.7. The van der Waals surface area contributed by atoms with E-state index < -0.39 is 0 Å². The summed E-state index contributed by atoms with van der Waals surface area (Å²) in [5.74, 6) is 2.28. The predicted octanol–water partition coefficient (Wildman–Crippen LogP) is 4.71. The van der Waals surface area contributed by atoms with Gasteiger partial charge in [0.25, 0.3) is 0 Å². The fourth-order valence-corrected chi connectivity index (χ4v) is 3.15. The molecule has 3 aromatic carbocycles. The van der Waals surface area contributed by atoms with E-state index in [2.05, 4.69) is 0 Å². The maximum atomic E-state index is 10.5. The van der Waals surface area contributed by atoms with Crippen molar-refractivity contribution >= 4 is 0 Å². The molecule has 0 saturated heterocycles. The molecule has 6 heteroatoms. The molecule has 3 aromatic rings. The summed E-state index contributed by atoms with van der Waals surface area (Å²) in [5.41, 5.74) is 2.38. The molecule has 0 unspecified atom stereocenters. The van der Waals surface area contributed by atoms with Gasteiger partial charge < -0.3 is 28.8 Å². The van der Waals surface area contributed by atoms with Crippen molar-refractivity contribution in [2.24, 2.45) is 0 Å². The van der Waals surface area contributed by atoms with E-state index in [4.69, 9.17) is 23.7 Å². The standard InChI is InChI=1S/C24H26O6/c1-26-19-9-11-20(12-10-19)30-16-21-23(27-2)18(13-22(25)24(21)28-3)15-29-14-17-7-5-4-6-8-17/h4-13,25H,14-16H2,1-3H3. The maximum Gasteiger partial charge on any atom is 0.170 e. The zero-order valence-corrected chi connectivity index (χ0v) is 17.4. The van der Waals surface area contributed by atoms with Gasteiger partial charge in [-0.05, 0) is 35.9 Å². The van der Waals surface area contributed by atoms with Gasteiger partial charge in [-0.2, -0.15) is 0 Å². The molecule has 0 atom stereocenters. The minimum absolute atomic E-state index is 0.00458. The molecular formula is C24H26O6. The number of methoxy groups -OCH3 is 3. The largest absolute Gasteiger partial charge is 0.504 e. The Hall–Kier alpha value is -3.38. The predicted molar refractivity (Wildman–Crippen MR) is 113 cm³/mol. The third-order valence-electron chi connectivity index (χ3n) is 4.60. The van der Waals surface area contributed by atoms with Crippen molar-refractivity contribution < 1.29 is 28.8 Å². The second-order valence-electron chi connectivity index (χ2n) is 6.54. The number of rotatable bonds is 10. The lowest BCUT2D eigenvalue weighted by Gasteiger charge is -2.19. The van der Waals surface area contributed by atoms with Crippen LogP contribution < -0.4 is 18.9 Å². The fraction of sp³-hybridized carbons (Fsp3) is 0.250. The highest BCUT2D eigenvalue weighted by Gasteiger charge is 2.20. The number of benzene rings is 3. The van der Waals surface area contributed by atoms with Crippen LogP contribution in [0.15, 0.2) is 60.7 Å². The fourth-order valence-electron chi connectivity index (χ4n) is 3.15. The van der Waals surface area contributed by atoms with E-state index >= 15 is 0 Å². The van der Waals surface area contributed by atoms with Gasteiger partial charge in [-0.3, -0.25) is 0 Å². The quantitative estimate of drug-likeness (QED) is 0.522. The highest BCUT2D eigenvalue weighted by Crippen LogP contribution is 2.40. The van der Waals surface area contributed by atoms with Gasteiger partial charge in [0.1, 0.15) is 23.9 Å². The molecule has 0 aliphatic rings. The summed E-state index contributed by atoms with van der Waals surface area (Å²) in [7, 11) is 4.68. The normalized spacial score (nSPS) is 10.5. The number of phenolic OH excluding ortho intramolecular Hbond substituents is 1. The van der Waals surface area contributed by atoms with Crippen LogP contribution in [-0.4, -0.2) is 26.4 Å². The minimum Gasteiger partial charge on any atom is -0.504 e. The molecule has 1 N–H and O–H groups in total. The van der Waals surface area contributed by atoms with Crippen LogP contribution in [0.1, 0.15) is 16.7 Å². The summed E-state index contributed by atoms with van der Waals surface area (Å²) in [4.78, 5) is 0. The van der Waals surface area contributed by atoms with Crippen LogP contribution in [0, 0.1) is 0 Å². The second-order valence-corrected chi connectivity index (χ2v) is 6.54. The molecule has 0 aromatic heterocycles. The van der Waals surface area contributed by atoms with E-state index in [0.717, 1.165) is 11.3 Å². The number of phenols is 1. The highest BCUT2D eigenvalue weighted by atomic mass is 16.5. The van der Waals surface area contributed by atoms with Gasteiger partial charge in [-0.15, -0.1) is 0 Å². The zero-order chi connectivity index (χ0) is 21.3. The Morgan fingerprint density at radius 3 is 2.00 bits per heavy atom. The van der Waals surface area contributed by atoms with Gasteiger partial charge in [-0.25, -0.2) is 0 Å². The van der Waals surface area contributed by atoms with Crippen molar-refractivity contribution in [2.75, 3.05) is 21.3 Å². The molecule has 0 fully saturated rings. The number of hydrogen-bond acceptors (Lipinski definition) is 6. The third-order valence-corrected chi connectivity index (χ3v) is 4.60. The summed E-state index contributed by atoms with van der Waals surface area (Å²) >= 11 is 0. The molecular weight excluding hydrogens is 384 g/mol. The van der Waals surface area contributed by atoms with E-state index in [1.807, 2.05) is 54.6 Å². The first-order valence-corrected chi connectivity index (χ1v) is 9.50. The first kappa shape index (κ1) is 21.3. The monoisotopic (exact) mass is 410 g/mol. The van der Waals surface area contributed by atoms with Crippen molar-refractivity contribution in [3.8, 4) is 28.7 Å². The summed E-state index contributed by atoms with van der Waals surface area (Å²) in [5, 5.41) is 10.5. The Balaban J connectivity index is 1.79. The highest BCUT2D eigenvalue weighted by molar-refractivity contribution is 5.57.